The molecule has 10 heteroatoms. The van der Waals surface area contributed by atoms with Gasteiger partial charge in [0.15, 0.2) is 0 Å². The van der Waals surface area contributed by atoms with Gasteiger partial charge in [0.2, 0.25) is 10.0 Å². The largest absolute Gasteiger partial charge is 0.506 e. The molecule has 1 aromatic carbocycles. The number of aromatic hydroxyl groups is 1. The van der Waals surface area contributed by atoms with E-state index in [0.29, 0.717) is 29.3 Å². The van der Waals surface area contributed by atoms with Crippen LogP contribution >= 0.6 is 11.5 Å². The number of hydrogen-bond acceptors (Lipinski definition) is 7. The zero-order valence-corrected chi connectivity index (χ0v) is 16.1. The first-order valence-corrected chi connectivity index (χ1v) is 10.3. The number of nitrogens with zero attached hydrogens (tertiary/aromatic N) is 2. The smallest absolute Gasteiger partial charge is 0.260 e. The predicted molar refractivity (Wildman–Crippen MR) is 100 cm³/mol. The van der Waals surface area contributed by atoms with Crippen LogP contribution in [0.2, 0.25) is 0 Å². The molecule has 2 aromatic rings. The predicted octanol–water partition coefficient (Wildman–Crippen LogP) is 2.24. The van der Waals surface area contributed by atoms with Crippen molar-refractivity contribution in [2.75, 3.05) is 30.8 Å². The number of hydrogen-bond donors (Lipinski definition) is 3. The lowest BCUT2D eigenvalue weighted by atomic mass is 10.2. The Balaban J connectivity index is 1.91. The number of anilines is 2. The third kappa shape index (κ3) is 3.39. The van der Waals surface area contributed by atoms with Crippen LogP contribution in [0.4, 0.5) is 10.7 Å². The van der Waals surface area contributed by atoms with Crippen LogP contribution in [-0.2, 0) is 10.0 Å². The van der Waals surface area contributed by atoms with Crippen molar-refractivity contribution in [3.05, 3.63) is 29.5 Å². The second-order valence-electron chi connectivity index (χ2n) is 5.97. The maximum atomic E-state index is 12.7. The summed E-state index contributed by atoms with van der Waals surface area (Å²) < 4.78 is 30.9. The van der Waals surface area contributed by atoms with Gasteiger partial charge in [-0.2, -0.15) is 8.68 Å². The average molecular weight is 396 g/mol. The Kier molecular flexibility index (Phi) is 5.17. The van der Waals surface area contributed by atoms with Crippen LogP contribution in [0.3, 0.4) is 0 Å². The summed E-state index contributed by atoms with van der Waals surface area (Å²) in [4.78, 5) is 12.6. The molecule has 1 saturated heterocycles. The standard InChI is InChI=1S/C16H20N4O4S2/c1-10-14(16(17-2)25-19-10)15(22)18-12-9-11(5-6-13(12)21)26(23,24)20-7-3-4-8-20/h5-6,9,17,21H,3-4,7-8H2,1-2H3,(H,18,22). The molecule has 1 aliphatic heterocycles. The molecule has 1 aromatic heterocycles. The van der Waals surface area contributed by atoms with Crippen molar-refractivity contribution in [3.63, 3.8) is 0 Å². The molecular weight excluding hydrogens is 376 g/mol. The first kappa shape index (κ1) is 18.6. The molecule has 8 nitrogen and oxygen atoms in total. The second kappa shape index (κ2) is 7.22. The Labute approximate surface area is 156 Å². The number of nitrogens with one attached hydrogen (secondary N) is 2. The fourth-order valence-corrected chi connectivity index (χ4v) is 5.13. The SMILES string of the molecule is CNc1snc(C)c1C(=O)Nc1cc(S(=O)(=O)N2CCCC2)ccc1O. The van der Waals surface area contributed by atoms with E-state index in [0.717, 1.165) is 24.4 Å². The third-order valence-corrected chi connectivity index (χ3v) is 7.09. The van der Waals surface area contributed by atoms with E-state index in [1.54, 1.807) is 14.0 Å². The fourth-order valence-electron chi connectivity index (χ4n) is 2.85. The second-order valence-corrected chi connectivity index (χ2v) is 8.68. The first-order valence-electron chi connectivity index (χ1n) is 8.13. The Morgan fingerprint density at radius 1 is 1.31 bits per heavy atom. The van der Waals surface area contributed by atoms with Gasteiger partial charge in [0, 0.05) is 20.1 Å². The van der Waals surface area contributed by atoms with Crippen LogP contribution in [0, 0.1) is 6.92 Å². The molecule has 140 valence electrons. The maximum Gasteiger partial charge on any atom is 0.260 e. The monoisotopic (exact) mass is 396 g/mol. The van der Waals surface area contributed by atoms with Gasteiger partial charge in [0.25, 0.3) is 5.91 Å². The molecule has 2 heterocycles. The molecule has 3 rings (SSSR count). The van der Waals surface area contributed by atoms with Crippen molar-refractivity contribution in [1.82, 2.24) is 8.68 Å². The van der Waals surface area contributed by atoms with E-state index in [4.69, 9.17) is 0 Å². The molecule has 0 saturated carbocycles. The third-order valence-electron chi connectivity index (χ3n) is 4.24. The van der Waals surface area contributed by atoms with Crippen LogP contribution in [0.25, 0.3) is 0 Å². The van der Waals surface area contributed by atoms with Crippen LogP contribution in [0.5, 0.6) is 5.75 Å². The molecule has 0 radical (unpaired) electrons. The van der Waals surface area contributed by atoms with E-state index in [1.165, 1.54) is 22.5 Å². The van der Waals surface area contributed by atoms with Gasteiger partial charge in [0.1, 0.15) is 10.8 Å². The highest BCUT2D eigenvalue weighted by Gasteiger charge is 2.28. The topological polar surface area (TPSA) is 112 Å². The number of carbonyl (C=O) groups excluding carboxylic acids is 1. The number of sulfonamides is 1. The van der Waals surface area contributed by atoms with Crippen molar-refractivity contribution in [3.8, 4) is 5.75 Å². The molecule has 3 N–H and O–H groups in total. The van der Waals surface area contributed by atoms with Gasteiger partial charge in [0.05, 0.1) is 21.8 Å². The van der Waals surface area contributed by atoms with Crippen molar-refractivity contribution in [1.29, 1.82) is 0 Å². The lowest BCUT2D eigenvalue weighted by molar-refractivity contribution is 0.102. The molecule has 0 unspecified atom stereocenters. The fraction of sp³-hybridized carbons (Fsp3) is 0.375. The lowest BCUT2D eigenvalue weighted by Gasteiger charge is -2.16. The van der Waals surface area contributed by atoms with Gasteiger partial charge in [-0.3, -0.25) is 4.79 Å². The zero-order valence-electron chi connectivity index (χ0n) is 14.4. The summed E-state index contributed by atoms with van der Waals surface area (Å²) in [6.45, 7) is 2.67. The highest BCUT2D eigenvalue weighted by molar-refractivity contribution is 7.89. The number of aryl methyl sites for hydroxylation is 1. The van der Waals surface area contributed by atoms with Gasteiger partial charge in [-0.15, -0.1) is 0 Å². The van der Waals surface area contributed by atoms with Gasteiger partial charge in [-0.1, -0.05) is 0 Å². The number of phenolic OH excluding ortho intramolecular Hbond substituents is 1. The minimum Gasteiger partial charge on any atom is -0.506 e. The first-order chi connectivity index (χ1) is 12.3. The number of benzene rings is 1. The summed E-state index contributed by atoms with van der Waals surface area (Å²) in [7, 11) is -1.96. The quantitative estimate of drug-likeness (QED) is 0.668. The molecule has 1 amide bonds. The summed E-state index contributed by atoms with van der Waals surface area (Å²) in [5.74, 6) is -0.669. The highest BCUT2D eigenvalue weighted by Crippen LogP contribution is 2.31. The summed E-state index contributed by atoms with van der Waals surface area (Å²) in [5, 5.41) is 16.1. The summed E-state index contributed by atoms with van der Waals surface area (Å²) in [5.41, 5.74) is 0.963. The van der Waals surface area contributed by atoms with Crippen LogP contribution in [-0.4, -0.2) is 48.2 Å². The minimum absolute atomic E-state index is 0.0431. The van der Waals surface area contributed by atoms with E-state index < -0.39 is 15.9 Å². The Hall–Kier alpha value is -2.17. The van der Waals surface area contributed by atoms with Crippen molar-refractivity contribution < 1.29 is 18.3 Å². The number of carbonyl (C=O) groups is 1. The highest BCUT2D eigenvalue weighted by atomic mass is 32.2. The van der Waals surface area contributed by atoms with Crippen molar-refractivity contribution >= 4 is 38.2 Å². The van der Waals surface area contributed by atoms with Crippen LogP contribution in [0.1, 0.15) is 28.9 Å². The number of phenols is 1. The lowest BCUT2D eigenvalue weighted by Crippen LogP contribution is -2.28. The average Bonchev–Trinajstić information content (AvgIpc) is 3.26. The molecule has 26 heavy (non-hydrogen) atoms. The van der Waals surface area contributed by atoms with Gasteiger partial charge < -0.3 is 15.7 Å². The molecule has 0 bridgehead atoms. The zero-order chi connectivity index (χ0) is 18.9. The van der Waals surface area contributed by atoms with E-state index in [9.17, 15) is 18.3 Å². The molecule has 1 aliphatic rings. The minimum atomic E-state index is -3.64. The number of amides is 1. The molecule has 0 atom stereocenters. The van der Waals surface area contributed by atoms with E-state index in [2.05, 4.69) is 15.0 Å². The van der Waals surface area contributed by atoms with Crippen LogP contribution in [0.15, 0.2) is 23.1 Å². The van der Waals surface area contributed by atoms with Crippen molar-refractivity contribution in [2.24, 2.45) is 0 Å². The van der Waals surface area contributed by atoms with Crippen LogP contribution < -0.4 is 10.6 Å². The van der Waals surface area contributed by atoms with Gasteiger partial charge in [-0.05, 0) is 49.5 Å². The van der Waals surface area contributed by atoms with E-state index in [1.807, 2.05) is 0 Å². The molecule has 0 spiro atoms. The molecule has 1 fully saturated rings. The molecular formula is C16H20N4O4S2. The summed E-state index contributed by atoms with van der Waals surface area (Å²) in [6, 6.07) is 3.90. The van der Waals surface area contributed by atoms with Gasteiger partial charge in [-0.25, -0.2) is 8.42 Å². The Morgan fingerprint density at radius 2 is 2.00 bits per heavy atom. The summed E-state index contributed by atoms with van der Waals surface area (Å²) in [6.07, 6.45) is 1.66. The van der Waals surface area contributed by atoms with Crippen molar-refractivity contribution in [2.45, 2.75) is 24.7 Å². The van der Waals surface area contributed by atoms with Gasteiger partial charge >= 0.3 is 0 Å². The number of aromatic nitrogens is 1. The van der Waals surface area contributed by atoms with E-state index in [-0.39, 0.29) is 16.3 Å². The Bertz CT molecular complexity index is 934. The Morgan fingerprint density at radius 3 is 2.65 bits per heavy atom. The van der Waals surface area contributed by atoms with E-state index >= 15 is 0 Å². The molecule has 0 aliphatic carbocycles. The normalized spacial score (nSPS) is 15.2. The maximum absolute atomic E-state index is 12.7. The summed E-state index contributed by atoms with van der Waals surface area (Å²) >= 11 is 1.16. The number of rotatable bonds is 5.